The van der Waals surface area contributed by atoms with Crippen molar-refractivity contribution in [3.05, 3.63) is 47.9 Å². The van der Waals surface area contributed by atoms with Gasteiger partial charge in [0.2, 0.25) is 5.88 Å². The zero-order chi connectivity index (χ0) is 12.1. The molecule has 0 saturated carbocycles. The van der Waals surface area contributed by atoms with E-state index in [4.69, 9.17) is 16.3 Å². The van der Waals surface area contributed by atoms with Gasteiger partial charge in [0.1, 0.15) is 5.75 Å². The molecule has 0 atom stereocenters. The molecule has 0 fully saturated rings. The van der Waals surface area contributed by atoms with Gasteiger partial charge in [-0.3, -0.25) is 4.98 Å². The first-order chi connectivity index (χ1) is 8.31. The Balaban J connectivity index is 2.13. The molecule has 17 heavy (non-hydrogen) atoms. The van der Waals surface area contributed by atoms with Crippen LogP contribution < -0.4 is 4.74 Å². The van der Waals surface area contributed by atoms with Crippen LogP contribution in [0, 0.1) is 0 Å². The Morgan fingerprint density at radius 1 is 1.24 bits per heavy atom. The van der Waals surface area contributed by atoms with Crippen molar-refractivity contribution >= 4 is 11.6 Å². The molecule has 0 radical (unpaired) electrons. The Labute approximate surface area is 105 Å². The third kappa shape index (κ3) is 3.17. The molecule has 0 N–H and O–H groups in total. The summed E-state index contributed by atoms with van der Waals surface area (Å²) in [5, 5.41) is 0. The second kappa shape index (κ2) is 5.64. The fourth-order valence-corrected chi connectivity index (χ4v) is 1.55. The number of hydrogen-bond donors (Lipinski definition) is 0. The minimum absolute atomic E-state index is 0.360. The number of alkyl halides is 1. The average Bonchev–Trinajstić information content (AvgIpc) is 2.40. The highest BCUT2D eigenvalue weighted by atomic mass is 35.5. The summed E-state index contributed by atoms with van der Waals surface area (Å²) in [7, 11) is 0. The summed E-state index contributed by atoms with van der Waals surface area (Å²) < 4.78 is 5.60. The van der Waals surface area contributed by atoms with E-state index in [-0.39, 0.29) is 0 Å². The van der Waals surface area contributed by atoms with Gasteiger partial charge in [-0.1, -0.05) is 19.1 Å². The van der Waals surface area contributed by atoms with Gasteiger partial charge in [0.25, 0.3) is 0 Å². The summed E-state index contributed by atoms with van der Waals surface area (Å²) in [6.07, 6.45) is 4.18. The predicted molar refractivity (Wildman–Crippen MR) is 67.5 cm³/mol. The molecule has 0 unspecified atom stereocenters. The molecule has 2 aromatic rings. The van der Waals surface area contributed by atoms with E-state index in [1.54, 1.807) is 12.4 Å². The number of nitrogens with zero attached hydrogens (tertiary/aromatic N) is 2. The fourth-order valence-electron chi connectivity index (χ4n) is 1.41. The molecule has 0 aliphatic heterocycles. The molecule has 88 valence electrons. The third-order valence-electron chi connectivity index (χ3n) is 2.35. The Hall–Kier alpha value is -1.61. The van der Waals surface area contributed by atoms with Crippen LogP contribution in [-0.4, -0.2) is 9.97 Å². The standard InChI is InChI=1S/C13H13ClN2O/c1-2-10-4-3-5-12(6-10)17-13-9-15-11(7-14)8-16-13/h3-6,8-9H,2,7H2,1H3. The minimum Gasteiger partial charge on any atom is -0.437 e. The van der Waals surface area contributed by atoms with Gasteiger partial charge in [0.05, 0.1) is 24.0 Å². The number of benzene rings is 1. The van der Waals surface area contributed by atoms with Crippen molar-refractivity contribution in [2.45, 2.75) is 19.2 Å². The summed E-state index contributed by atoms with van der Waals surface area (Å²) in [6, 6.07) is 7.93. The molecule has 0 bridgehead atoms. The molecule has 0 aliphatic rings. The summed E-state index contributed by atoms with van der Waals surface area (Å²) in [5.41, 5.74) is 1.97. The maximum atomic E-state index is 5.64. The molecule has 3 nitrogen and oxygen atoms in total. The van der Waals surface area contributed by atoms with E-state index < -0.39 is 0 Å². The number of aryl methyl sites for hydroxylation is 1. The van der Waals surface area contributed by atoms with Crippen molar-refractivity contribution in [2.75, 3.05) is 0 Å². The fraction of sp³-hybridized carbons (Fsp3) is 0.231. The molecule has 1 aromatic carbocycles. The molecule has 2 rings (SSSR count). The maximum Gasteiger partial charge on any atom is 0.237 e. The predicted octanol–water partition coefficient (Wildman–Crippen LogP) is 3.57. The highest BCUT2D eigenvalue weighted by molar-refractivity contribution is 6.16. The van der Waals surface area contributed by atoms with E-state index in [9.17, 15) is 0 Å². The first kappa shape index (κ1) is 11.9. The Bertz CT molecular complexity index is 485. The Morgan fingerprint density at radius 2 is 2.12 bits per heavy atom. The molecular weight excluding hydrogens is 236 g/mol. The van der Waals surface area contributed by atoms with Crippen LogP contribution in [0.5, 0.6) is 11.6 Å². The Kier molecular flexibility index (Phi) is 3.94. The van der Waals surface area contributed by atoms with Crippen molar-refractivity contribution in [3.8, 4) is 11.6 Å². The van der Waals surface area contributed by atoms with E-state index in [1.807, 2.05) is 18.2 Å². The molecular formula is C13H13ClN2O. The quantitative estimate of drug-likeness (QED) is 0.776. The van der Waals surface area contributed by atoms with Crippen LogP contribution in [0.2, 0.25) is 0 Å². The second-order valence-electron chi connectivity index (χ2n) is 3.58. The van der Waals surface area contributed by atoms with Gasteiger partial charge in [-0.25, -0.2) is 4.98 Å². The highest BCUT2D eigenvalue weighted by Gasteiger charge is 2.00. The van der Waals surface area contributed by atoms with Crippen LogP contribution in [0.1, 0.15) is 18.2 Å². The lowest BCUT2D eigenvalue weighted by Gasteiger charge is -2.05. The van der Waals surface area contributed by atoms with Crippen molar-refractivity contribution in [1.82, 2.24) is 9.97 Å². The van der Waals surface area contributed by atoms with Crippen LogP contribution in [0.3, 0.4) is 0 Å². The molecule has 0 spiro atoms. The zero-order valence-corrected chi connectivity index (χ0v) is 10.3. The van der Waals surface area contributed by atoms with Crippen molar-refractivity contribution in [3.63, 3.8) is 0 Å². The lowest BCUT2D eigenvalue weighted by atomic mass is 10.2. The number of halogens is 1. The number of ether oxygens (including phenoxy) is 1. The lowest BCUT2D eigenvalue weighted by molar-refractivity contribution is 0.459. The van der Waals surface area contributed by atoms with Gasteiger partial charge in [0, 0.05) is 0 Å². The van der Waals surface area contributed by atoms with Gasteiger partial charge in [-0.05, 0) is 24.1 Å². The van der Waals surface area contributed by atoms with Crippen LogP contribution in [-0.2, 0) is 12.3 Å². The summed E-state index contributed by atoms with van der Waals surface area (Å²) in [4.78, 5) is 8.25. The molecule has 1 aromatic heterocycles. The first-order valence-corrected chi connectivity index (χ1v) is 5.99. The summed E-state index contributed by atoms with van der Waals surface area (Å²) in [6.45, 7) is 2.11. The van der Waals surface area contributed by atoms with Crippen molar-refractivity contribution < 1.29 is 4.74 Å². The van der Waals surface area contributed by atoms with E-state index in [2.05, 4.69) is 23.0 Å². The smallest absolute Gasteiger partial charge is 0.237 e. The third-order valence-corrected chi connectivity index (χ3v) is 2.62. The average molecular weight is 249 g/mol. The highest BCUT2D eigenvalue weighted by Crippen LogP contribution is 2.20. The largest absolute Gasteiger partial charge is 0.437 e. The topological polar surface area (TPSA) is 35.0 Å². The van der Waals surface area contributed by atoms with Gasteiger partial charge < -0.3 is 4.74 Å². The van der Waals surface area contributed by atoms with E-state index in [1.165, 1.54) is 5.56 Å². The first-order valence-electron chi connectivity index (χ1n) is 5.45. The monoisotopic (exact) mass is 248 g/mol. The van der Waals surface area contributed by atoms with Gasteiger partial charge >= 0.3 is 0 Å². The normalized spacial score (nSPS) is 10.2. The van der Waals surface area contributed by atoms with Gasteiger partial charge in [-0.15, -0.1) is 11.6 Å². The Morgan fingerprint density at radius 3 is 2.76 bits per heavy atom. The molecule has 0 saturated heterocycles. The number of aromatic nitrogens is 2. The number of rotatable bonds is 4. The molecule has 1 heterocycles. The van der Waals surface area contributed by atoms with E-state index in [0.717, 1.165) is 17.9 Å². The van der Waals surface area contributed by atoms with Gasteiger partial charge in [0.15, 0.2) is 0 Å². The second-order valence-corrected chi connectivity index (χ2v) is 3.85. The zero-order valence-electron chi connectivity index (χ0n) is 9.56. The van der Waals surface area contributed by atoms with E-state index in [0.29, 0.717) is 11.8 Å². The molecule has 0 amide bonds. The van der Waals surface area contributed by atoms with Crippen LogP contribution in [0.4, 0.5) is 0 Å². The van der Waals surface area contributed by atoms with Crippen molar-refractivity contribution in [1.29, 1.82) is 0 Å². The summed E-state index contributed by atoms with van der Waals surface area (Å²) in [5.74, 6) is 1.61. The maximum absolute atomic E-state index is 5.64. The minimum atomic E-state index is 0.360. The molecule has 0 aliphatic carbocycles. The van der Waals surface area contributed by atoms with Crippen LogP contribution >= 0.6 is 11.6 Å². The van der Waals surface area contributed by atoms with Crippen LogP contribution in [0.15, 0.2) is 36.7 Å². The number of hydrogen-bond acceptors (Lipinski definition) is 3. The SMILES string of the molecule is CCc1cccc(Oc2cnc(CCl)cn2)c1. The lowest BCUT2D eigenvalue weighted by Crippen LogP contribution is -1.92. The van der Waals surface area contributed by atoms with Crippen molar-refractivity contribution in [2.24, 2.45) is 0 Å². The van der Waals surface area contributed by atoms with E-state index >= 15 is 0 Å². The van der Waals surface area contributed by atoms with Crippen LogP contribution in [0.25, 0.3) is 0 Å². The molecule has 4 heteroatoms. The van der Waals surface area contributed by atoms with Gasteiger partial charge in [-0.2, -0.15) is 0 Å². The summed E-state index contributed by atoms with van der Waals surface area (Å²) >= 11 is 5.64.